The van der Waals surface area contributed by atoms with Crippen molar-refractivity contribution in [3.05, 3.63) is 28.8 Å². The number of ether oxygens (including phenoxy) is 1. The first-order valence-corrected chi connectivity index (χ1v) is 5.20. The first-order chi connectivity index (χ1) is 6.85. The Labute approximate surface area is 91.9 Å². The number of hydrogen-bond acceptors (Lipinski definition) is 2. The van der Waals surface area contributed by atoms with Crippen LogP contribution in [0.3, 0.4) is 0 Å². The Bertz CT molecular complexity index is 348. The molecule has 1 rings (SSSR count). The number of rotatable bonds is 3. The van der Waals surface area contributed by atoms with E-state index in [0.29, 0.717) is 6.42 Å². The molecule has 0 heterocycles. The van der Waals surface area contributed by atoms with Crippen LogP contribution >= 0.6 is 0 Å². The zero-order valence-corrected chi connectivity index (χ0v) is 10.2. The van der Waals surface area contributed by atoms with E-state index in [4.69, 9.17) is 4.74 Å². The standard InChI is InChI=1S/C13H20O2/c1-9-10(2)12(15-5)7-6-11(9)8-13(3,4)14/h6-7,14H,8H2,1-5H3. The molecule has 0 aromatic heterocycles. The van der Waals surface area contributed by atoms with Crippen molar-refractivity contribution in [2.24, 2.45) is 0 Å². The maximum atomic E-state index is 9.78. The van der Waals surface area contributed by atoms with Gasteiger partial charge in [-0.25, -0.2) is 0 Å². The van der Waals surface area contributed by atoms with Crippen LogP contribution in [0.1, 0.15) is 30.5 Å². The molecule has 1 aromatic rings. The Morgan fingerprint density at radius 2 is 1.80 bits per heavy atom. The van der Waals surface area contributed by atoms with Gasteiger partial charge in [0.15, 0.2) is 0 Å². The van der Waals surface area contributed by atoms with E-state index >= 15 is 0 Å². The molecule has 1 aromatic carbocycles. The SMILES string of the molecule is COc1ccc(CC(C)(C)O)c(C)c1C. The van der Waals surface area contributed by atoms with Gasteiger partial charge in [0.25, 0.3) is 0 Å². The van der Waals surface area contributed by atoms with Gasteiger partial charge >= 0.3 is 0 Å². The van der Waals surface area contributed by atoms with E-state index in [1.165, 1.54) is 11.1 Å². The molecule has 0 fully saturated rings. The van der Waals surface area contributed by atoms with Crippen molar-refractivity contribution >= 4 is 0 Å². The monoisotopic (exact) mass is 208 g/mol. The van der Waals surface area contributed by atoms with Crippen molar-refractivity contribution in [2.45, 2.75) is 39.7 Å². The molecule has 0 amide bonds. The smallest absolute Gasteiger partial charge is 0.122 e. The van der Waals surface area contributed by atoms with Crippen LogP contribution in [0.25, 0.3) is 0 Å². The van der Waals surface area contributed by atoms with E-state index in [0.717, 1.165) is 11.3 Å². The molecule has 0 bridgehead atoms. The summed E-state index contributed by atoms with van der Waals surface area (Å²) in [5.41, 5.74) is 2.88. The summed E-state index contributed by atoms with van der Waals surface area (Å²) < 4.78 is 5.25. The van der Waals surface area contributed by atoms with Crippen molar-refractivity contribution in [1.29, 1.82) is 0 Å². The topological polar surface area (TPSA) is 29.5 Å². The Morgan fingerprint density at radius 1 is 1.20 bits per heavy atom. The van der Waals surface area contributed by atoms with E-state index in [9.17, 15) is 5.11 Å². The number of methoxy groups -OCH3 is 1. The zero-order chi connectivity index (χ0) is 11.6. The van der Waals surface area contributed by atoms with Crippen LogP contribution in [0.2, 0.25) is 0 Å². The molecule has 84 valence electrons. The van der Waals surface area contributed by atoms with E-state index in [1.54, 1.807) is 7.11 Å². The van der Waals surface area contributed by atoms with Crippen molar-refractivity contribution in [1.82, 2.24) is 0 Å². The fourth-order valence-electron chi connectivity index (χ4n) is 1.73. The average molecular weight is 208 g/mol. The van der Waals surface area contributed by atoms with Gasteiger partial charge in [0, 0.05) is 6.42 Å². The van der Waals surface area contributed by atoms with Crippen LogP contribution in [-0.4, -0.2) is 17.8 Å². The summed E-state index contributed by atoms with van der Waals surface area (Å²) in [5.74, 6) is 0.909. The predicted molar refractivity (Wildman–Crippen MR) is 62.5 cm³/mol. The summed E-state index contributed by atoms with van der Waals surface area (Å²) in [6, 6.07) is 3.99. The molecular weight excluding hydrogens is 188 g/mol. The second kappa shape index (κ2) is 4.23. The van der Waals surface area contributed by atoms with E-state index in [-0.39, 0.29) is 0 Å². The largest absolute Gasteiger partial charge is 0.496 e. The summed E-state index contributed by atoms with van der Waals surface area (Å²) in [6.45, 7) is 7.76. The van der Waals surface area contributed by atoms with Gasteiger partial charge in [0.1, 0.15) is 5.75 Å². The van der Waals surface area contributed by atoms with E-state index in [2.05, 4.69) is 6.92 Å². The molecule has 0 aliphatic rings. The summed E-state index contributed by atoms with van der Waals surface area (Å²) in [7, 11) is 1.68. The van der Waals surface area contributed by atoms with Gasteiger partial charge in [0.05, 0.1) is 12.7 Å². The van der Waals surface area contributed by atoms with Crippen LogP contribution in [0.5, 0.6) is 5.75 Å². The lowest BCUT2D eigenvalue weighted by molar-refractivity contribution is 0.0808. The van der Waals surface area contributed by atoms with Gasteiger partial charge < -0.3 is 9.84 Å². The highest BCUT2D eigenvalue weighted by atomic mass is 16.5. The van der Waals surface area contributed by atoms with E-state index < -0.39 is 5.60 Å². The molecule has 2 nitrogen and oxygen atoms in total. The van der Waals surface area contributed by atoms with Gasteiger partial charge in [-0.2, -0.15) is 0 Å². The maximum Gasteiger partial charge on any atom is 0.122 e. The molecule has 0 saturated carbocycles. The quantitative estimate of drug-likeness (QED) is 0.827. The van der Waals surface area contributed by atoms with Crippen molar-refractivity contribution in [3.8, 4) is 5.75 Å². The Hall–Kier alpha value is -1.02. The van der Waals surface area contributed by atoms with Crippen LogP contribution in [-0.2, 0) is 6.42 Å². The minimum atomic E-state index is -0.661. The van der Waals surface area contributed by atoms with Crippen molar-refractivity contribution in [3.63, 3.8) is 0 Å². The third kappa shape index (κ3) is 2.96. The number of aliphatic hydroxyl groups is 1. The molecule has 0 atom stereocenters. The molecule has 0 spiro atoms. The highest BCUT2D eigenvalue weighted by Crippen LogP contribution is 2.26. The molecule has 0 aliphatic carbocycles. The van der Waals surface area contributed by atoms with Gasteiger partial charge in [-0.3, -0.25) is 0 Å². The molecular formula is C13H20O2. The van der Waals surface area contributed by atoms with Crippen LogP contribution in [0.15, 0.2) is 12.1 Å². The molecule has 0 aliphatic heterocycles. The highest BCUT2D eigenvalue weighted by Gasteiger charge is 2.16. The second-order valence-corrected chi connectivity index (χ2v) is 4.67. The number of hydrogen-bond donors (Lipinski definition) is 1. The molecule has 0 unspecified atom stereocenters. The molecule has 15 heavy (non-hydrogen) atoms. The molecule has 0 saturated heterocycles. The third-order valence-electron chi connectivity index (χ3n) is 2.69. The first-order valence-electron chi connectivity index (χ1n) is 5.20. The normalized spacial score (nSPS) is 11.6. The molecule has 1 N–H and O–H groups in total. The van der Waals surface area contributed by atoms with Crippen molar-refractivity contribution < 1.29 is 9.84 Å². The van der Waals surface area contributed by atoms with Gasteiger partial charge in [-0.15, -0.1) is 0 Å². The lowest BCUT2D eigenvalue weighted by Gasteiger charge is -2.20. The Balaban J connectivity index is 3.07. The van der Waals surface area contributed by atoms with Crippen LogP contribution in [0, 0.1) is 13.8 Å². The van der Waals surface area contributed by atoms with Crippen LogP contribution < -0.4 is 4.74 Å². The van der Waals surface area contributed by atoms with Crippen LogP contribution in [0.4, 0.5) is 0 Å². The summed E-state index contributed by atoms with van der Waals surface area (Å²) >= 11 is 0. The minimum Gasteiger partial charge on any atom is -0.496 e. The summed E-state index contributed by atoms with van der Waals surface area (Å²) in [5, 5.41) is 9.78. The first kappa shape index (κ1) is 12.1. The average Bonchev–Trinajstić information content (AvgIpc) is 2.11. The minimum absolute atomic E-state index is 0.661. The molecule has 0 radical (unpaired) electrons. The summed E-state index contributed by atoms with van der Waals surface area (Å²) in [6.07, 6.45) is 0.670. The summed E-state index contributed by atoms with van der Waals surface area (Å²) in [4.78, 5) is 0. The molecule has 2 heteroatoms. The van der Waals surface area contributed by atoms with Gasteiger partial charge in [0.2, 0.25) is 0 Å². The predicted octanol–water partition coefficient (Wildman–Crippen LogP) is 2.63. The number of benzene rings is 1. The lowest BCUT2D eigenvalue weighted by atomic mass is 9.93. The zero-order valence-electron chi connectivity index (χ0n) is 10.2. The Morgan fingerprint density at radius 3 is 2.27 bits per heavy atom. The van der Waals surface area contributed by atoms with Crippen molar-refractivity contribution in [2.75, 3.05) is 7.11 Å². The second-order valence-electron chi connectivity index (χ2n) is 4.67. The van der Waals surface area contributed by atoms with Gasteiger partial charge in [-0.05, 0) is 50.5 Å². The fourth-order valence-corrected chi connectivity index (χ4v) is 1.73. The Kier molecular flexibility index (Phi) is 3.40. The lowest BCUT2D eigenvalue weighted by Crippen LogP contribution is -2.22. The van der Waals surface area contributed by atoms with Gasteiger partial charge in [-0.1, -0.05) is 6.07 Å². The third-order valence-corrected chi connectivity index (χ3v) is 2.69. The fraction of sp³-hybridized carbons (Fsp3) is 0.538. The maximum absolute atomic E-state index is 9.78. The van der Waals surface area contributed by atoms with E-state index in [1.807, 2.05) is 32.9 Å². The highest BCUT2D eigenvalue weighted by molar-refractivity contribution is 5.43.